The fourth-order valence-electron chi connectivity index (χ4n) is 3.00. The second-order valence-electron chi connectivity index (χ2n) is 5.70. The average molecular weight is 312 g/mol. The minimum absolute atomic E-state index is 0.0357. The van der Waals surface area contributed by atoms with Gasteiger partial charge < -0.3 is 5.32 Å². The molecule has 0 unspecified atom stereocenters. The van der Waals surface area contributed by atoms with E-state index in [2.05, 4.69) is 10.3 Å². The van der Waals surface area contributed by atoms with Crippen molar-refractivity contribution in [1.29, 1.82) is 0 Å². The minimum Gasteiger partial charge on any atom is -0.310 e. The van der Waals surface area contributed by atoms with E-state index in [0.29, 0.717) is 5.82 Å². The highest BCUT2D eigenvalue weighted by molar-refractivity contribution is 6.25. The van der Waals surface area contributed by atoms with Crippen LogP contribution in [0.2, 0.25) is 0 Å². The number of amides is 1. The van der Waals surface area contributed by atoms with E-state index < -0.39 is 0 Å². The Hall–Kier alpha value is -3.20. The van der Waals surface area contributed by atoms with Gasteiger partial charge >= 0.3 is 0 Å². The number of aromatic nitrogens is 1. The Morgan fingerprint density at radius 3 is 1.79 bits per heavy atom. The summed E-state index contributed by atoms with van der Waals surface area (Å²) in [5, 5.41) is 2.91. The molecular formula is C21H16N2O. The Bertz CT molecular complexity index is 837. The van der Waals surface area contributed by atoms with Gasteiger partial charge in [-0.2, -0.15) is 0 Å². The molecule has 2 aromatic carbocycles. The number of nitrogens with zero attached hydrogens (tertiary/aromatic N) is 1. The number of carbonyl (C=O) groups is 1. The number of carbonyl (C=O) groups excluding carboxylic acids is 1. The van der Waals surface area contributed by atoms with Gasteiger partial charge in [0.25, 0.3) is 0 Å². The van der Waals surface area contributed by atoms with Crippen LogP contribution in [0.1, 0.15) is 11.1 Å². The molecule has 0 saturated carbocycles. The zero-order chi connectivity index (χ0) is 16.4. The van der Waals surface area contributed by atoms with Gasteiger partial charge in [0.15, 0.2) is 0 Å². The van der Waals surface area contributed by atoms with Crippen molar-refractivity contribution in [2.45, 2.75) is 0 Å². The Morgan fingerprint density at radius 1 is 0.750 bits per heavy atom. The normalized spacial score (nSPS) is 13.7. The zero-order valence-electron chi connectivity index (χ0n) is 13.0. The number of benzene rings is 2. The molecule has 116 valence electrons. The highest BCUT2D eigenvalue weighted by Gasteiger charge is 2.43. The van der Waals surface area contributed by atoms with Crippen molar-refractivity contribution in [2.75, 3.05) is 5.32 Å². The summed E-state index contributed by atoms with van der Waals surface area (Å²) < 4.78 is 0. The van der Waals surface area contributed by atoms with Crippen LogP contribution in [0.4, 0.5) is 5.82 Å². The molecule has 24 heavy (non-hydrogen) atoms. The van der Waals surface area contributed by atoms with E-state index in [1.807, 2.05) is 72.8 Å². The van der Waals surface area contributed by atoms with E-state index in [-0.39, 0.29) is 11.8 Å². The van der Waals surface area contributed by atoms with E-state index in [0.717, 1.165) is 22.3 Å². The molecule has 0 saturated heterocycles. The zero-order valence-corrected chi connectivity index (χ0v) is 13.0. The number of pyridine rings is 1. The molecule has 0 radical (unpaired) electrons. The first-order valence-corrected chi connectivity index (χ1v) is 7.91. The first-order chi connectivity index (χ1) is 11.8. The average Bonchev–Trinajstić information content (AvgIpc) is 3.40. The van der Waals surface area contributed by atoms with E-state index in [1.165, 1.54) is 0 Å². The van der Waals surface area contributed by atoms with Crippen LogP contribution < -0.4 is 5.32 Å². The van der Waals surface area contributed by atoms with Gasteiger partial charge in [0, 0.05) is 6.20 Å². The lowest BCUT2D eigenvalue weighted by atomic mass is 10.1. The second-order valence-corrected chi connectivity index (χ2v) is 5.70. The van der Waals surface area contributed by atoms with Crippen molar-refractivity contribution in [3.05, 3.63) is 96.2 Å². The molecule has 1 aromatic heterocycles. The van der Waals surface area contributed by atoms with Gasteiger partial charge in [0.05, 0.1) is 5.92 Å². The molecule has 1 amide bonds. The molecule has 0 bridgehead atoms. The summed E-state index contributed by atoms with van der Waals surface area (Å²) in [4.78, 5) is 16.9. The van der Waals surface area contributed by atoms with Gasteiger partial charge in [-0.25, -0.2) is 4.98 Å². The number of anilines is 1. The third-order valence-electron chi connectivity index (χ3n) is 4.13. The monoisotopic (exact) mass is 312 g/mol. The molecule has 1 aliphatic rings. The summed E-state index contributed by atoms with van der Waals surface area (Å²) in [7, 11) is 0. The van der Waals surface area contributed by atoms with Gasteiger partial charge in [-0.1, -0.05) is 66.7 Å². The van der Waals surface area contributed by atoms with Crippen LogP contribution in [-0.4, -0.2) is 10.9 Å². The third-order valence-corrected chi connectivity index (χ3v) is 4.13. The molecule has 0 aliphatic heterocycles. The molecular weight excluding hydrogens is 296 g/mol. The van der Waals surface area contributed by atoms with Crippen LogP contribution >= 0.6 is 0 Å². The third kappa shape index (κ3) is 2.72. The van der Waals surface area contributed by atoms with Gasteiger partial charge in [-0.3, -0.25) is 4.79 Å². The maximum atomic E-state index is 12.7. The molecule has 0 fully saturated rings. The predicted octanol–water partition coefficient (Wildman–Crippen LogP) is 4.26. The van der Waals surface area contributed by atoms with Crippen LogP contribution in [-0.2, 0) is 4.79 Å². The molecule has 3 heteroatoms. The highest BCUT2D eigenvalue weighted by Crippen LogP contribution is 2.53. The predicted molar refractivity (Wildman–Crippen MR) is 96.1 cm³/mol. The molecule has 0 spiro atoms. The number of hydrogen-bond donors (Lipinski definition) is 1. The van der Waals surface area contributed by atoms with Crippen LogP contribution in [0.15, 0.2) is 85.1 Å². The number of hydrogen-bond acceptors (Lipinski definition) is 2. The summed E-state index contributed by atoms with van der Waals surface area (Å²) in [5.41, 5.74) is 4.38. The van der Waals surface area contributed by atoms with Crippen LogP contribution in [0, 0.1) is 5.92 Å². The largest absolute Gasteiger partial charge is 0.310 e. The first kappa shape index (κ1) is 14.4. The Labute approximate surface area is 140 Å². The van der Waals surface area contributed by atoms with Crippen molar-refractivity contribution in [2.24, 2.45) is 5.92 Å². The smallest absolute Gasteiger partial charge is 0.237 e. The van der Waals surface area contributed by atoms with Crippen molar-refractivity contribution in [3.63, 3.8) is 0 Å². The fraction of sp³-hybridized carbons (Fsp3) is 0.0476. The fourth-order valence-corrected chi connectivity index (χ4v) is 3.00. The molecule has 3 nitrogen and oxygen atoms in total. The van der Waals surface area contributed by atoms with Crippen molar-refractivity contribution in [3.8, 4) is 0 Å². The van der Waals surface area contributed by atoms with Crippen molar-refractivity contribution >= 4 is 22.9 Å². The van der Waals surface area contributed by atoms with Gasteiger partial charge in [0.1, 0.15) is 5.82 Å². The lowest BCUT2D eigenvalue weighted by Gasteiger charge is -2.05. The van der Waals surface area contributed by atoms with Crippen molar-refractivity contribution in [1.82, 2.24) is 4.98 Å². The first-order valence-electron chi connectivity index (χ1n) is 7.91. The lowest BCUT2D eigenvalue weighted by molar-refractivity contribution is -0.116. The molecule has 4 rings (SSSR count). The summed E-state index contributed by atoms with van der Waals surface area (Å²) in [5.74, 6) is 0.317. The van der Waals surface area contributed by atoms with Gasteiger partial charge in [0.2, 0.25) is 5.91 Å². The molecule has 1 N–H and O–H groups in total. The SMILES string of the molecule is O=C(Nc1ccccn1)C1C(c2ccccc2)=C1c1ccccc1. The van der Waals surface area contributed by atoms with Gasteiger partial charge in [-0.15, -0.1) is 0 Å². The van der Waals surface area contributed by atoms with E-state index in [1.54, 1.807) is 12.3 Å². The summed E-state index contributed by atoms with van der Waals surface area (Å²) in [6.45, 7) is 0. The summed E-state index contributed by atoms with van der Waals surface area (Å²) >= 11 is 0. The van der Waals surface area contributed by atoms with Crippen LogP contribution in [0.3, 0.4) is 0 Å². The van der Waals surface area contributed by atoms with Crippen molar-refractivity contribution < 1.29 is 4.79 Å². The second kappa shape index (κ2) is 6.13. The van der Waals surface area contributed by atoms with E-state index >= 15 is 0 Å². The van der Waals surface area contributed by atoms with Gasteiger partial charge in [-0.05, 0) is 34.4 Å². The Balaban J connectivity index is 1.65. The summed E-state index contributed by atoms with van der Waals surface area (Å²) in [6, 6.07) is 25.6. The molecule has 3 aromatic rings. The summed E-state index contributed by atoms with van der Waals surface area (Å²) in [6.07, 6.45) is 1.67. The highest BCUT2D eigenvalue weighted by atomic mass is 16.2. The topological polar surface area (TPSA) is 42.0 Å². The maximum absolute atomic E-state index is 12.7. The Morgan fingerprint density at radius 2 is 1.29 bits per heavy atom. The minimum atomic E-state index is -0.225. The number of rotatable bonds is 4. The standard InChI is InChI=1S/C21H16N2O/c24-21(23-17-13-7-8-14-22-17)20-18(15-9-3-1-4-10-15)19(20)16-11-5-2-6-12-16/h1-14,20H,(H,22,23,24). The molecule has 1 aliphatic carbocycles. The lowest BCUT2D eigenvalue weighted by Crippen LogP contribution is -2.16. The molecule has 1 heterocycles. The van der Waals surface area contributed by atoms with E-state index in [9.17, 15) is 4.79 Å². The van der Waals surface area contributed by atoms with E-state index in [4.69, 9.17) is 0 Å². The Kier molecular flexibility index (Phi) is 3.67. The molecule has 0 atom stereocenters. The maximum Gasteiger partial charge on any atom is 0.237 e. The van der Waals surface area contributed by atoms with Crippen LogP contribution in [0.25, 0.3) is 11.1 Å². The van der Waals surface area contributed by atoms with Crippen LogP contribution in [0.5, 0.6) is 0 Å². The number of nitrogens with one attached hydrogen (secondary N) is 1. The quantitative estimate of drug-likeness (QED) is 0.782.